The summed E-state index contributed by atoms with van der Waals surface area (Å²) in [5, 5.41) is 0. The van der Waals surface area contributed by atoms with Gasteiger partial charge in [0.2, 0.25) is 0 Å². The molecule has 25 heavy (non-hydrogen) atoms. The summed E-state index contributed by atoms with van der Waals surface area (Å²) in [6.45, 7) is 1.88. The highest BCUT2D eigenvalue weighted by Crippen LogP contribution is 2.31. The molecule has 130 valence electrons. The molecule has 0 saturated carbocycles. The van der Waals surface area contributed by atoms with Gasteiger partial charge in [-0.05, 0) is 30.9 Å². The Labute approximate surface area is 154 Å². The van der Waals surface area contributed by atoms with Crippen molar-refractivity contribution in [2.24, 2.45) is 5.92 Å². The summed E-state index contributed by atoms with van der Waals surface area (Å²) in [6.07, 6.45) is 6.51. The minimum absolute atomic E-state index is 0.0143. The second kappa shape index (κ2) is 6.72. The molecule has 8 heteroatoms. The number of piperidine rings is 1. The normalized spacial score (nSPS) is 22.8. The lowest BCUT2D eigenvalue weighted by Gasteiger charge is -2.35. The number of hydrogen-bond acceptors (Lipinski definition) is 5. The van der Waals surface area contributed by atoms with Crippen LogP contribution in [0.2, 0.25) is 4.34 Å². The maximum atomic E-state index is 12.9. The summed E-state index contributed by atoms with van der Waals surface area (Å²) >= 11 is 7.27. The van der Waals surface area contributed by atoms with E-state index in [0.717, 1.165) is 12.8 Å². The number of hydrogen-bond donors (Lipinski definition) is 0. The highest BCUT2D eigenvalue weighted by Gasteiger charge is 2.39. The Bertz CT molecular complexity index is 797. The molecular weight excluding hydrogens is 360 g/mol. The zero-order valence-corrected chi connectivity index (χ0v) is 15.0. The van der Waals surface area contributed by atoms with Crippen molar-refractivity contribution in [1.29, 1.82) is 0 Å². The minimum atomic E-state index is -0.113. The number of amides is 2. The maximum absolute atomic E-state index is 12.9. The summed E-state index contributed by atoms with van der Waals surface area (Å²) in [7, 11) is 0. The van der Waals surface area contributed by atoms with Gasteiger partial charge in [0.15, 0.2) is 0 Å². The molecule has 0 radical (unpaired) electrons. The van der Waals surface area contributed by atoms with Crippen LogP contribution in [-0.2, 0) is 0 Å². The van der Waals surface area contributed by atoms with E-state index in [1.807, 2.05) is 9.80 Å². The monoisotopic (exact) mass is 376 g/mol. The molecule has 3 saturated heterocycles. The van der Waals surface area contributed by atoms with E-state index in [9.17, 15) is 9.59 Å². The number of halogens is 1. The second-order valence-corrected chi connectivity index (χ2v) is 8.17. The first-order valence-electron chi connectivity index (χ1n) is 8.23. The summed E-state index contributed by atoms with van der Waals surface area (Å²) in [6, 6.07) is 3.56. The number of carbonyl (C=O) groups is 2. The quantitative estimate of drug-likeness (QED) is 0.807. The third kappa shape index (κ3) is 3.26. The van der Waals surface area contributed by atoms with Crippen LogP contribution in [0.4, 0.5) is 0 Å². The van der Waals surface area contributed by atoms with Crippen molar-refractivity contribution in [3.8, 4) is 0 Å². The van der Waals surface area contributed by atoms with Crippen molar-refractivity contribution in [3.63, 3.8) is 0 Å². The van der Waals surface area contributed by atoms with Crippen LogP contribution in [0.25, 0.3) is 0 Å². The zero-order chi connectivity index (χ0) is 17.4. The molecule has 3 aliphatic heterocycles. The van der Waals surface area contributed by atoms with Gasteiger partial charge in [0.25, 0.3) is 11.8 Å². The van der Waals surface area contributed by atoms with Crippen LogP contribution in [0.5, 0.6) is 0 Å². The van der Waals surface area contributed by atoms with Crippen LogP contribution in [0.15, 0.2) is 30.7 Å². The Morgan fingerprint density at radius 1 is 1.12 bits per heavy atom. The van der Waals surface area contributed by atoms with Crippen molar-refractivity contribution in [2.45, 2.75) is 18.9 Å². The standard InChI is InChI=1S/C17H17ClN4O2S/c18-15-4-3-14(25-15)17(24)22-9-11-1-2-12(22)10-21(8-11)16(23)13-7-19-5-6-20-13/h3-7,11-12H,1-2,8-10H2/t11-,12+/m1/s1. The third-order valence-electron chi connectivity index (χ3n) is 4.83. The third-order valence-corrected chi connectivity index (χ3v) is 6.05. The molecule has 2 aromatic rings. The first-order chi connectivity index (χ1) is 12.1. The van der Waals surface area contributed by atoms with Gasteiger partial charge in [-0.3, -0.25) is 14.6 Å². The van der Waals surface area contributed by atoms with Gasteiger partial charge >= 0.3 is 0 Å². The number of rotatable bonds is 2. The Morgan fingerprint density at radius 2 is 2.00 bits per heavy atom. The average Bonchev–Trinajstić information content (AvgIpc) is 2.88. The molecule has 3 aliphatic rings. The van der Waals surface area contributed by atoms with Crippen LogP contribution in [0.1, 0.15) is 33.0 Å². The molecular formula is C17H17ClN4O2S. The number of carbonyl (C=O) groups excluding carboxylic acids is 2. The molecule has 0 aromatic carbocycles. The van der Waals surface area contributed by atoms with Crippen molar-refractivity contribution < 1.29 is 9.59 Å². The molecule has 2 atom stereocenters. The molecule has 2 aromatic heterocycles. The number of fused-ring (bicyclic) bond motifs is 4. The first kappa shape index (κ1) is 16.5. The Hall–Kier alpha value is -1.99. The SMILES string of the molecule is O=C(c1cnccn1)N1C[C@H]2CC[C@@H](C1)N(C(=O)c1ccc(Cl)s1)C2. The highest BCUT2D eigenvalue weighted by atomic mass is 35.5. The fourth-order valence-corrected chi connectivity index (χ4v) is 4.64. The van der Waals surface area contributed by atoms with Gasteiger partial charge in [-0.1, -0.05) is 11.6 Å². The van der Waals surface area contributed by atoms with E-state index < -0.39 is 0 Å². The van der Waals surface area contributed by atoms with Gasteiger partial charge in [0.05, 0.1) is 15.4 Å². The largest absolute Gasteiger partial charge is 0.335 e. The fourth-order valence-electron chi connectivity index (χ4n) is 3.64. The molecule has 2 amide bonds. The van der Waals surface area contributed by atoms with Crippen molar-refractivity contribution in [3.05, 3.63) is 45.6 Å². The molecule has 2 bridgehead atoms. The molecule has 5 heterocycles. The van der Waals surface area contributed by atoms with E-state index in [0.29, 0.717) is 40.5 Å². The van der Waals surface area contributed by atoms with E-state index in [-0.39, 0.29) is 17.9 Å². The van der Waals surface area contributed by atoms with E-state index >= 15 is 0 Å². The van der Waals surface area contributed by atoms with Crippen LogP contribution < -0.4 is 0 Å². The van der Waals surface area contributed by atoms with E-state index in [4.69, 9.17) is 11.6 Å². The lowest BCUT2D eigenvalue weighted by atomic mass is 9.95. The molecule has 0 spiro atoms. The van der Waals surface area contributed by atoms with Gasteiger partial charge in [-0.2, -0.15) is 0 Å². The molecule has 0 N–H and O–H groups in total. The van der Waals surface area contributed by atoms with E-state index in [2.05, 4.69) is 9.97 Å². The predicted octanol–water partition coefficient (Wildman–Crippen LogP) is 2.57. The van der Waals surface area contributed by atoms with Gasteiger partial charge in [-0.25, -0.2) is 4.98 Å². The number of thiophene rings is 1. The molecule has 3 fully saturated rings. The smallest absolute Gasteiger partial charge is 0.274 e. The summed E-state index contributed by atoms with van der Waals surface area (Å²) in [5.41, 5.74) is 0.353. The van der Waals surface area contributed by atoms with Gasteiger partial charge < -0.3 is 9.80 Å². The van der Waals surface area contributed by atoms with Crippen molar-refractivity contribution in [1.82, 2.24) is 19.8 Å². The molecule has 6 nitrogen and oxygen atoms in total. The van der Waals surface area contributed by atoms with Gasteiger partial charge in [0, 0.05) is 38.1 Å². The number of nitrogens with zero attached hydrogens (tertiary/aromatic N) is 4. The fraction of sp³-hybridized carbons (Fsp3) is 0.412. The van der Waals surface area contributed by atoms with E-state index in [1.165, 1.54) is 23.7 Å². The van der Waals surface area contributed by atoms with E-state index in [1.54, 1.807) is 18.3 Å². The van der Waals surface area contributed by atoms with Gasteiger partial charge in [-0.15, -0.1) is 11.3 Å². The highest BCUT2D eigenvalue weighted by molar-refractivity contribution is 7.17. The van der Waals surface area contributed by atoms with Crippen LogP contribution in [0.3, 0.4) is 0 Å². The molecule has 0 aliphatic carbocycles. The topological polar surface area (TPSA) is 66.4 Å². The van der Waals surface area contributed by atoms with Crippen LogP contribution in [-0.4, -0.2) is 57.3 Å². The van der Waals surface area contributed by atoms with Crippen LogP contribution in [0, 0.1) is 5.92 Å². The van der Waals surface area contributed by atoms with Crippen LogP contribution >= 0.6 is 22.9 Å². The molecule has 0 unspecified atom stereocenters. The van der Waals surface area contributed by atoms with Gasteiger partial charge in [0.1, 0.15) is 5.69 Å². The predicted molar refractivity (Wildman–Crippen MR) is 94.8 cm³/mol. The zero-order valence-electron chi connectivity index (χ0n) is 13.5. The second-order valence-electron chi connectivity index (χ2n) is 6.46. The van der Waals surface area contributed by atoms with Crippen molar-refractivity contribution >= 4 is 34.8 Å². The Kier molecular flexibility index (Phi) is 4.43. The lowest BCUT2D eigenvalue weighted by molar-refractivity contribution is 0.0578. The van der Waals surface area contributed by atoms with Crippen molar-refractivity contribution in [2.75, 3.05) is 19.6 Å². The first-order valence-corrected chi connectivity index (χ1v) is 9.43. The Morgan fingerprint density at radius 3 is 2.72 bits per heavy atom. The number of aromatic nitrogens is 2. The summed E-state index contributed by atoms with van der Waals surface area (Å²) in [5.74, 6) is 0.192. The average molecular weight is 377 g/mol. The Balaban J connectivity index is 1.54. The minimum Gasteiger partial charge on any atom is -0.335 e. The lowest BCUT2D eigenvalue weighted by Crippen LogP contribution is -2.47. The summed E-state index contributed by atoms with van der Waals surface area (Å²) in [4.78, 5) is 38.1. The summed E-state index contributed by atoms with van der Waals surface area (Å²) < 4.78 is 0.614. The maximum Gasteiger partial charge on any atom is 0.274 e. The molecule has 5 rings (SSSR count).